The average molecular weight is 427 g/mol. The molecule has 1 N–H and O–H groups in total. The van der Waals surface area contributed by atoms with Gasteiger partial charge in [0.25, 0.3) is 11.5 Å². The number of fused-ring (bicyclic) bond motifs is 1. The summed E-state index contributed by atoms with van der Waals surface area (Å²) >= 11 is 5.46. The molecule has 0 spiro atoms. The Morgan fingerprint density at radius 3 is 2.57 bits per heavy atom. The van der Waals surface area contributed by atoms with E-state index in [-0.39, 0.29) is 16.2 Å². The smallest absolute Gasteiger partial charge is 0.266 e. The van der Waals surface area contributed by atoms with Gasteiger partial charge in [-0.1, -0.05) is 0 Å². The molecule has 2 aromatic carbocycles. The highest BCUT2D eigenvalue weighted by Crippen LogP contribution is 2.27. The highest BCUT2D eigenvalue weighted by atomic mass is 32.1. The van der Waals surface area contributed by atoms with Crippen molar-refractivity contribution in [2.24, 2.45) is 0 Å². The van der Waals surface area contributed by atoms with E-state index in [1.165, 1.54) is 11.7 Å². The van der Waals surface area contributed by atoms with E-state index in [0.29, 0.717) is 60.0 Å². The number of morpholine rings is 1. The van der Waals surface area contributed by atoms with Gasteiger partial charge in [-0.15, -0.1) is 0 Å². The van der Waals surface area contributed by atoms with E-state index in [1.54, 1.807) is 48.4 Å². The van der Waals surface area contributed by atoms with Gasteiger partial charge in [-0.2, -0.15) is 0 Å². The van der Waals surface area contributed by atoms with Crippen LogP contribution in [0.25, 0.3) is 16.6 Å². The van der Waals surface area contributed by atoms with E-state index in [2.05, 4.69) is 4.98 Å². The van der Waals surface area contributed by atoms with Crippen LogP contribution in [0.5, 0.6) is 11.5 Å². The summed E-state index contributed by atoms with van der Waals surface area (Å²) in [6.07, 6.45) is 0. The second-order valence-electron chi connectivity index (χ2n) is 6.77. The predicted molar refractivity (Wildman–Crippen MR) is 115 cm³/mol. The second kappa shape index (κ2) is 8.29. The van der Waals surface area contributed by atoms with Crippen LogP contribution in [-0.4, -0.2) is 60.9 Å². The maximum absolute atomic E-state index is 13.2. The fraction of sp³-hybridized carbons (Fsp3) is 0.286. The first-order valence-electron chi connectivity index (χ1n) is 9.42. The minimum Gasteiger partial charge on any atom is -0.497 e. The molecule has 1 aliphatic heterocycles. The van der Waals surface area contributed by atoms with Crippen molar-refractivity contribution in [3.8, 4) is 17.2 Å². The number of rotatable bonds is 4. The summed E-state index contributed by atoms with van der Waals surface area (Å²) in [5, 5.41) is 0.417. The molecule has 3 aromatic rings. The van der Waals surface area contributed by atoms with Crippen LogP contribution in [0.15, 0.2) is 41.2 Å². The van der Waals surface area contributed by atoms with E-state index >= 15 is 0 Å². The van der Waals surface area contributed by atoms with Gasteiger partial charge in [0.05, 0.1) is 44.0 Å². The first-order chi connectivity index (χ1) is 14.5. The SMILES string of the molecule is COc1ccc(-n2c(=S)[nH]c3cc(C(=O)N4CCOCC4)ccc3c2=O)c(OC)c1. The maximum atomic E-state index is 13.2. The molecule has 1 saturated heterocycles. The van der Waals surface area contributed by atoms with Gasteiger partial charge in [0, 0.05) is 24.7 Å². The molecule has 0 unspecified atom stereocenters. The number of benzene rings is 2. The molecule has 0 radical (unpaired) electrons. The monoisotopic (exact) mass is 427 g/mol. The van der Waals surface area contributed by atoms with Crippen molar-refractivity contribution in [3.63, 3.8) is 0 Å². The number of aromatic amines is 1. The number of carbonyl (C=O) groups excluding carboxylic acids is 1. The molecular weight excluding hydrogens is 406 g/mol. The Kier molecular flexibility index (Phi) is 5.56. The molecule has 30 heavy (non-hydrogen) atoms. The van der Waals surface area contributed by atoms with E-state index in [9.17, 15) is 9.59 Å². The van der Waals surface area contributed by atoms with Gasteiger partial charge < -0.3 is 24.1 Å². The first-order valence-corrected chi connectivity index (χ1v) is 9.83. The van der Waals surface area contributed by atoms with Crippen molar-refractivity contribution in [1.29, 1.82) is 0 Å². The number of nitrogens with one attached hydrogen (secondary N) is 1. The van der Waals surface area contributed by atoms with Gasteiger partial charge in [0.15, 0.2) is 4.77 Å². The van der Waals surface area contributed by atoms with Crippen LogP contribution in [-0.2, 0) is 4.74 Å². The zero-order valence-electron chi connectivity index (χ0n) is 16.6. The van der Waals surface area contributed by atoms with Crippen molar-refractivity contribution in [3.05, 3.63) is 57.1 Å². The largest absolute Gasteiger partial charge is 0.497 e. The summed E-state index contributed by atoms with van der Waals surface area (Å²) in [7, 11) is 3.07. The van der Waals surface area contributed by atoms with E-state index < -0.39 is 0 Å². The molecule has 4 rings (SSSR count). The van der Waals surface area contributed by atoms with Gasteiger partial charge in [-0.05, 0) is 42.5 Å². The molecule has 8 nitrogen and oxygen atoms in total. The number of nitrogens with zero attached hydrogens (tertiary/aromatic N) is 2. The van der Waals surface area contributed by atoms with Crippen LogP contribution in [0, 0.1) is 4.77 Å². The summed E-state index contributed by atoms with van der Waals surface area (Å²) in [6, 6.07) is 10.1. The molecule has 1 aliphatic rings. The lowest BCUT2D eigenvalue weighted by Crippen LogP contribution is -2.40. The standard InChI is InChI=1S/C21H21N3O5S/c1-27-14-4-6-17(18(12-14)28-2)24-20(26)15-5-3-13(11-16(15)22-21(24)30)19(25)23-7-9-29-10-8-23/h3-6,11-12H,7-10H2,1-2H3,(H,22,30). The van der Waals surface area contributed by atoms with Crippen molar-refractivity contribution < 1.29 is 19.0 Å². The first kappa shape index (κ1) is 20.1. The van der Waals surface area contributed by atoms with Crippen LogP contribution >= 0.6 is 12.2 Å². The zero-order valence-corrected chi connectivity index (χ0v) is 17.5. The molecule has 1 aromatic heterocycles. The third-order valence-corrected chi connectivity index (χ3v) is 5.36. The Labute approximate surface area is 177 Å². The Morgan fingerprint density at radius 1 is 1.10 bits per heavy atom. The molecule has 0 atom stereocenters. The summed E-state index contributed by atoms with van der Waals surface area (Å²) in [5.74, 6) is 0.959. The van der Waals surface area contributed by atoms with Gasteiger partial charge in [-0.25, -0.2) is 4.57 Å². The summed E-state index contributed by atoms with van der Waals surface area (Å²) < 4.78 is 17.5. The number of H-pyrrole nitrogens is 1. The number of hydrogen-bond acceptors (Lipinski definition) is 6. The molecule has 1 amide bonds. The lowest BCUT2D eigenvalue weighted by molar-refractivity contribution is 0.0303. The van der Waals surface area contributed by atoms with Gasteiger partial charge in [0.2, 0.25) is 0 Å². The van der Waals surface area contributed by atoms with Gasteiger partial charge in [-0.3, -0.25) is 9.59 Å². The highest BCUT2D eigenvalue weighted by Gasteiger charge is 2.20. The minimum atomic E-state index is -0.303. The third kappa shape index (κ3) is 3.57. The molecule has 0 aliphatic carbocycles. The van der Waals surface area contributed by atoms with Crippen molar-refractivity contribution in [2.45, 2.75) is 0 Å². The van der Waals surface area contributed by atoms with Crippen molar-refractivity contribution in [1.82, 2.24) is 14.5 Å². The fourth-order valence-corrected chi connectivity index (χ4v) is 3.78. The van der Waals surface area contributed by atoms with Crippen LogP contribution < -0.4 is 15.0 Å². The fourth-order valence-electron chi connectivity index (χ4n) is 3.49. The number of hydrogen-bond donors (Lipinski definition) is 1. The summed E-state index contributed by atoms with van der Waals surface area (Å²) in [6.45, 7) is 2.14. The molecular formula is C21H21N3O5S. The lowest BCUT2D eigenvalue weighted by atomic mass is 10.1. The molecule has 0 bridgehead atoms. The summed E-state index contributed by atoms with van der Waals surface area (Å²) in [4.78, 5) is 30.8. The lowest BCUT2D eigenvalue weighted by Gasteiger charge is -2.26. The van der Waals surface area contributed by atoms with Crippen LogP contribution in [0.4, 0.5) is 0 Å². The van der Waals surface area contributed by atoms with Gasteiger partial charge in [0.1, 0.15) is 11.5 Å². The normalized spacial score (nSPS) is 14.0. The van der Waals surface area contributed by atoms with Gasteiger partial charge >= 0.3 is 0 Å². The Bertz CT molecular complexity index is 1230. The van der Waals surface area contributed by atoms with E-state index in [4.69, 9.17) is 26.4 Å². The van der Waals surface area contributed by atoms with Crippen LogP contribution in [0.3, 0.4) is 0 Å². The molecule has 156 valence electrons. The van der Waals surface area contributed by atoms with Crippen LogP contribution in [0.2, 0.25) is 0 Å². The number of methoxy groups -OCH3 is 2. The third-order valence-electron chi connectivity index (χ3n) is 5.07. The van der Waals surface area contributed by atoms with E-state index in [1.807, 2.05) is 0 Å². The highest BCUT2D eigenvalue weighted by molar-refractivity contribution is 7.71. The second-order valence-corrected chi connectivity index (χ2v) is 7.16. The minimum absolute atomic E-state index is 0.0967. The molecule has 0 saturated carbocycles. The number of amides is 1. The Morgan fingerprint density at radius 2 is 1.87 bits per heavy atom. The maximum Gasteiger partial charge on any atom is 0.266 e. The predicted octanol–water partition coefficient (Wildman–Crippen LogP) is 2.54. The number of carbonyl (C=O) groups is 1. The Balaban J connectivity index is 1.81. The Hall–Kier alpha value is -3.17. The molecule has 2 heterocycles. The number of aromatic nitrogens is 2. The topological polar surface area (TPSA) is 85.8 Å². The van der Waals surface area contributed by atoms with Crippen LogP contribution in [0.1, 0.15) is 10.4 Å². The summed E-state index contributed by atoms with van der Waals surface area (Å²) in [5.41, 5.74) is 1.20. The number of ether oxygens (including phenoxy) is 3. The zero-order chi connectivity index (χ0) is 21.3. The van der Waals surface area contributed by atoms with E-state index in [0.717, 1.165) is 0 Å². The average Bonchev–Trinajstić information content (AvgIpc) is 2.78. The molecule has 1 fully saturated rings. The quantitative estimate of drug-likeness (QED) is 0.644. The van der Waals surface area contributed by atoms with Crippen molar-refractivity contribution >= 4 is 29.0 Å². The molecule has 9 heteroatoms. The van der Waals surface area contributed by atoms with Crippen molar-refractivity contribution in [2.75, 3.05) is 40.5 Å².